The summed E-state index contributed by atoms with van der Waals surface area (Å²) in [5.41, 5.74) is 0. The maximum Gasteiger partial charge on any atom is 0.348 e. The van der Waals surface area contributed by atoms with Gasteiger partial charge in [-0.1, -0.05) is 0 Å². The van der Waals surface area contributed by atoms with Gasteiger partial charge in [-0.15, -0.1) is 23.7 Å². The standard InChI is InChI=1S/C12H18N2O5S2.ClH/c1-18-9-8-10(11(15)19-2)20-12(9)21(16,17)14-6-3-4-13-5-7-14;/h8,13H,3-7H2,1-2H3;1H. The van der Waals surface area contributed by atoms with Crippen LogP contribution < -0.4 is 10.1 Å². The zero-order valence-corrected chi connectivity index (χ0v) is 14.8. The minimum atomic E-state index is -3.67. The number of rotatable bonds is 4. The Hall–Kier alpha value is -0.870. The largest absolute Gasteiger partial charge is 0.494 e. The molecule has 0 aromatic carbocycles. The summed E-state index contributed by atoms with van der Waals surface area (Å²) in [6, 6.07) is 1.40. The van der Waals surface area contributed by atoms with Crippen molar-refractivity contribution in [3.63, 3.8) is 0 Å². The van der Waals surface area contributed by atoms with Crippen LogP contribution in [0.15, 0.2) is 10.3 Å². The summed E-state index contributed by atoms with van der Waals surface area (Å²) >= 11 is 0.875. The van der Waals surface area contributed by atoms with Gasteiger partial charge < -0.3 is 14.8 Å². The maximum absolute atomic E-state index is 12.7. The lowest BCUT2D eigenvalue weighted by atomic mass is 10.4. The van der Waals surface area contributed by atoms with Crippen LogP contribution in [-0.4, -0.2) is 59.1 Å². The highest BCUT2D eigenvalue weighted by Crippen LogP contribution is 2.36. The number of ether oxygens (including phenoxy) is 2. The summed E-state index contributed by atoms with van der Waals surface area (Å²) in [6.45, 7) is 2.25. The van der Waals surface area contributed by atoms with Crippen molar-refractivity contribution in [2.75, 3.05) is 40.4 Å². The van der Waals surface area contributed by atoms with Gasteiger partial charge >= 0.3 is 5.97 Å². The van der Waals surface area contributed by atoms with Crippen molar-refractivity contribution in [1.82, 2.24) is 9.62 Å². The van der Waals surface area contributed by atoms with E-state index in [0.717, 1.165) is 24.3 Å². The van der Waals surface area contributed by atoms with E-state index in [1.54, 1.807) is 0 Å². The van der Waals surface area contributed by atoms with E-state index >= 15 is 0 Å². The molecule has 0 aliphatic carbocycles. The average molecular weight is 371 g/mol. The first-order chi connectivity index (χ1) is 10.0. The second kappa shape index (κ2) is 8.11. The van der Waals surface area contributed by atoms with Gasteiger partial charge in [0.2, 0.25) is 0 Å². The number of nitrogens with one attached hydrogen (secondary N) is 1. The quantitative estimate of drug-likeness (QED) is 0.794. The third-order valence-electron chi connectivity index (χ3n) is 3.15. The van der Waals surface area contributed by atoms with Crippen molar-refractivity contribution < 1.29 is 22.7 Å². The first-order valence-corrected chi connectivity index (χ1v) is 8.73. The van der Waals surface area contributed by atoms with Crippen LogP contribution in [0.2, 0.25) is 0 Å². The molecule has 2 heterocycles. The van der Waals surface area contributed by atoms with E-state index in [4.69, 9.17) is 4.74 Å². The van der Waals surface area contributed by atoms with E-state index in [0.29, 0.717) is 19.6 Å². The molecular weight excluding hydrogens is 352 g/mol. The molecule has 0 saturated carbocycles. The lowest BCUT2D eigenvalue weighted by molar-refractivity contribution is 0.0606. The SMILES string of the molecule is COC(=O)c1cc(OC)c(S(=O)(=O)N2CCCNCC2)s1.Cl. The minimum Gasteiger partial charge on any atom is -0.494 e. The molecule has 1 aliphatic heterocycles. The van der Waals surface area contributed by atoms with Crippen LogP contribution in [0, 0.1) is 0 Å². The highest BCUT2D eigenvalue weighted by atomic mass is 35.5. The fourth-order valence-electron chi connectivity index (χ4n) is 2.06. The van der Waals surface area contributed by atoms with Crippen LogP contribution in [0.25, 0.3) is 0 Å². The molecule has 0 radical (unpaired) electrons. The summed E-state index contributed by atoms with van der Waals surface area (Å²) in [7, 11) is -1.04. The number of halogens is 1. The van der Waals surface area contributed by atoms with Gasteiger partial charge in [0.15, 0.2) is 9.96 Å². The molecule has 1 saturated heterocycles. The summed E-state index contributed by atoms with van der Waals surface area (Å²) in [5, 5.41) is 3.15. The van der Waals surface area contributed by atoms with Crippen molar-refractivity contribution in [3.8, 4) is 5.75 Å². The van der Waals surface area contributed by atoms with E-state index in [1.807, 2.05) is 0 Å². The van der Waals surface area contributed by atoms with Gasteiger partial charge in [0.1, 0.15) is 4.88 Å². The number of carbonyl (C=O) groups excluding carboxylic acids is 1. The molecular formula is C12H19ClN2O5S2. The highest BCUT2D eigenvalue weighted by molar-refractivity contribution is 7.91. The van der Waals surface area contributed by atoms with Crippen LogP contribution in [0.5, 0.6) is 5.75 Å². The van der Waals surface area contributed by atoms with E-state index in [-0.39, 0.29) is 27.2 Å². The van der Waals surface area contributed by atoms with Crippen molar-refractivity contribution >= 4 is 39.7 Å². The highest BCUT2D eigenvalue weighted by Gasteiger charge is 2.31. The molecule has 2 rings (SSSR count). The number of methoxy groups -OCH3 is 2. The van der Waals surface area contributed by atoms with Crippen LogP contribution in [0.4, 0.5) is 0 Å². The van der Waals surface area contributed by atoms with E-state index in [1.165, 1.54) is 24.6 Å². The lowest BCUT2D eigenvalue weighted by Crippen LogP contribution is -2.33. The Kier molecular flexibility index (Phi) is 7.07. The summed E-state index contributed by atoms with van der Waals surface area (Å²) < 4.78 is 36.6. The molecule has 1 N–H and O–H groups in total. The van der Waals surface area contributed by atoms with E-state index in [9.17, 15) is 13.2 Å². The van der Waals surface area contributed by atoms with Gasteiger partial charge in [-0.05, 0) is 13.0 Å². The minimum absolute atomic E-state index is 0. The van der Waals surface area contributed by atoms with Gasteiger partial charge in [-0.3, -0.25) is 0 Å². The fraction of sp³-hybridized carbons (Fsp3) is 0.583. The van der Waals surface area contributed by atoms with Gasteiger partial charge in [-0.25, -0.2) is 13.2 Å². The zero-order valence-electron chi connectivity index (χ0n) is 12.3. The molecule has 1 aromatic heterocycles. The van der Waals surface area contributed by atoms with Crippen molar-refractivity contribution in [2.45, 2.75) is 10.6 Å². The Balaban J connectivity index is 0.00000242. The first-order valence-electron chi connectivity index (χ1n) is 6.47. The number of hydrogen-bond donors (Lipinski definition) is 1. The number of nitrogens with zero attached hydrogens (tertiary/aromatic N) is 1. The van der Waals surface area contributed by atoms with Crippen LogP contribution in [-0.2, 0) is 14.8 Å². The zero-order chi connectivity index (χ0) is 15.5. The normalized spacial score (nSPS) is 16.5. The van der Waals surface area contributed by atoms with Crippen molar-refractivity contribution in [2.24, 2.45) is 0 Å². The number of sulfonamides is 1. The topological polar surface area (TPSA) is 84.9 Å². The number of thiophene rings is 1. The molecule has 7 nitrogen and oxygen atoms in total. The van der Waals surface area contributed by atoms with Gasteiger partial charge in [0, 0.05) is 25.7 Å². The molecule has 0 unspecified atom stereocenters. The summed E-state index contributed by atoms with van der Waals surface area (Å²) in [4.78, 5) is 11.8. The third kappa shape index (κ3) is 3.90. The molecule has 126 valence electrons. The molecule has 0 spiro atoms. The molecule has 22 heavy (non-hydrogen) atoms. The Labute approximate surface area is 140 Å². The second-order valence-electron chi connectivity index (χ2n) is 4.47. The number of carbonyl (C=O) groups is 1. The third-order valence-corrected chi connectivity index (χ3v) is 6.63. The monoisotopic (exact) mass is 370 g/mol. The van der Waals surface area contributed by atoms with Gasteiger partial charge in [0.05, 0.1) is 14.2 Å². The van der Waals surface area contributed by atoms with Crippen molar-refractivity contribution in [1.29, 1.82) is 0 Å². The smallest absolute Gasteiger partial charge is 0.348 e. The molecule has 1 aromatic rings. The second-order valence-corrected chi connectivity index (χ2v) is 7.65. The first kappa shape index (κ1) is 19.2. The van der Waals surface area contributed by atoms with Crippen LogP contribution in [0.1, 0.15) is 16.1 Å². The van der Waals surface area contributed by atoms with Crippen LogP contribution >= 0.6 is 23.7 Å². The molecule has 0 bridgehead atoms. The Morgan fingerprint density at radius 1 is 1.32 bits per heavy atom. The Morgan fingerprint density at radius 2 is 2.05 bits per heavy atom. The number of esters is 1. The average Bonchev–Trinajstić information content (AvgIpc) is 2.73. The van der Waals surface area contributed by atoms with Gasteiger partial charge in [-0.2, -0.15) is 4.31 Å². The summed E-state index contributed by atoms with van der Waals surface area (Å²) in [5.74, 6) is -0.394. The fourth-order valence-corrected chi connectivity index (χ4v) is 5.17. The maximum atomic E-state index is 12.7. The molecule has 0 amide bonds. The predicted molar refractivity (Wildman–Crippen MR) is 85.7 cm³/mol. The van der Waals surface area contributed by atoms with E-state index < -0.39 is 16.0 Å². The lowest BCUT2D eigenvalue weighted by Gasteiger charge is -2.19. The van der Waals surface area contributed by atoms with Crippen LogP contribution in [0.3, 0.4) is 0 Å². The Bertz CT molecular complexity index is 609. The van der Waals surface area contributed by atoms with Gasteiger partial charge in [0.25, 0.3) is 10.0 Å². The van der Waals surface area contributed by atoms with E-state index in [2.05, 4.69) is 10.1 Å². The molecule has 0 atom stereocenters. The summed E-state index contributed by atoms with van der Waals surface area (Å²) in [6.07, 6.45) is 0.747. The Morgan fingerprint density at radius 3 is 2.68 bits per heavy atom. The molecule has 1 fully saturated rings. The molecule has 1 aliphatic rings. The van der Waals surface area contributed by atoms with Crippen molar-refractivity contribution in [3.05, 3.63) is 10.9 Å². The molecule has 10 heteroatoms. The number of hydrogen-bond acceptors (Lipinski definition) is 7. The predicted octanol–water partition coefficient (Wildman–Crippen LogP) is 0.949.